The lowest BCUT2D eigenvalue weighted by Gasteiger charge is -2.33. The Bertz CT molecular complexity index is 656. The maximum absolute atomic E-state index is 12.4. The van der Waals surface area contributed by atoms with Crippen LogP contribution in [0.1, 0.15) is 32.6 Å². The molecule has 2 saturated heterocycles. The van der Waals surface area contributed by atoms with Crippen molar-refractivity contribution in [3.8, 4) is 0 Å². The Morgan fingerprint density at radius 3 is 2.54 bits per heavy atom. The summed E-state index contributed by atoms with van der Waals surface area (Å²) in [5.41, 5.74) is 0.807. The third kappa shape index (κ3) is 4.22. The monoisotopic (exact) mass is 358 g/mol. The number of anilines is 1. The number of para-hydroxylation sites is 1. The molecule has 7 heteroatoms. The first-order valence-electron chi connectivity index (χ1n) is 9.28. The Hall–Kier alpha value is -2.41. The van der Waals surface area contributed by atoms with Gasteiger partial charge in [0.1, 0.15) is 6.04 Å². The predicted octanol–water partition coefficient (Wildman–Crippen LogP) is 2.02. The van der Waals surface area contributed by atoms with E-state index in [1.165, 1.54) is 4.90 Å². The van der Waals surface area contributed by atoms with Gasteiger partial charge in [-0.25, -0.2) is 9.69 Å². The third-order valence-corrected chi connectivity index (χ3v) is 5.03. The summed E-state index contributed by atoms with van der Waals surface area (Å²) in [5.74, 6) is -0.142. The molecule has 0 radical (unpaired) electrons. The number of rotatable bonds is 6. The molecule has 3 rings (SSSR count). The van der Waals surface area contributed by atoms with Crippen molar-refractivity contribution in [2.75, 3.05) is 25.1 Å². The molecule has 4 amide bonds. The fourth-order valence-corrected chi connectivity index (χ4v) is 3.50. The zero-order valence-corrected chi connectivity index (χ0v) is 15.1. The molecule has 0 spiro atoms. The van der Waals surface area contributed by atoms with E-state index in [4.69, 9.17) is 0 Å². The molecular formula is C19H26N4O3. The van der Waals surface area contributed by atoms with E-state index >= 15 is 0 Å². The van der Waals surface area contributed by atoms with E-state index < -0.39 is 0 Å². The maximum Gasteiger partial charge on any atom is 0.325 e. The first-order chi connectivity index (χ1) is 12.6. The van der Waals surface area contributed by atoms with Gasteiger partial charge in [-0.2, -0.15) is 0 Å². The first-order valence-corrected chi connectivity index (χ1v) is 9.28. The largest absolute Gasteiger partial charge is 0.326 e. The van der Waals surface area contributed by atoms with Gasteiger partial charge in [0, 0.05) is 24.7 Å². The van der Waals surface area contributed by atoms with Gasteiger partial charge in [-0.1, -0.05) is 31.5 Å². The van der Waals surface area contributed by atoms with Gasteiger partial charge in [-0.3, -0.25) is 14.5 Å². The average Bonchev–Trinajstić information content (AvgIpc) is 2.91. The number of piperidine rings is 1. The molecule has 26 heavy (non-hydrogen) atoms. The molecule has 2 aliphatic rings. The van der Waals surface area contributed by atoms with Crippen molar-refractivity contribution in [2.24, 2.45) is 5.92 Å². The minimum atomic E-state index is -0.387. The van der Waals surface area contributed by atoms with Gasteiger partial charge in [0.2, 0.25) is 5.91 Å². The second-order valence-electron chi connectivity index (χ2n) is 6.95. The normalized spacial score (nSPS) is 21.7. The van der Waals surface area contributed by atoms with Crippen molar-refractivity contribution in [1.29, 1.82) is 0 Å². The van der Waals surface area contributed by atoms with E-state index in [0.29, 0.717) is 26.2 Å². The van der Waals surface area contributed by atoms with Gasteiger partial charge >= 0.3 is 6.03 Å². The van der Waals surface area contributed by atoms with Crippen LogP contribution in [0.25, 0.3) is 0 Å². The first kappa shape index (κ1) is 18.4. The van der Waals surface area contributed by atoms with Gasteiger partial charge in [0.05, 0.1) is 6.67 Å². The van der Waals surface area contributed by atoms with E-state index in [-0.39, 0.29) is 29.8 Å². The predicted molar refractivity (Wildman–Crippen MR) is 98.3 cm³/mol. The Morgan fingerprint density at radius 1 is 1.19 bits per heavy atom. The fraction of sp³-hybridized carbons (Fsp3) is 0.526. The van der Waals surface area contributed by atoms with Crippen LogP contribution < -0.4 is 10.6 Å². The van der Waals surface area contributed by atoms with E-state index in [2.05, 4.69) is 15.5 Å². The Morgan fingerprint density at radius 2 is 1.88 bits per heavy atom. The quantitative estimate of drug-likeness (QED) is 0.762. The molecule has 2 fully saturated rings. The van der Waals surface area contributed by atoms with Crippen LogP contribution in [0.4, 0.5) is 10.5 Å². The van der Waals surface area contributed by atoms with Gasteiger partial charge in [0.15, 0.2) is 0 Å². The molecule has 0 saturated carbocycles. The molecule has 2 heterocycles. The number of nitrogens with one attached hydrogen (secondary N) is 2. The number of imide groups is 1. The van der Waals surface area contributed by atoms with Crippen LogP contribution in [0, 0.1) is 5.92 Å². The molecule has 1 aromatic carbocycles. The van der Waals surface area contributed by atoms with E-state index in [0.717, 1.165) is 24.9 Å². The average molecular weight is 358 g/mol. The molecule has 0 bridgehead atoms. The molecule has 7 nitrogen and oxygen atoms in total. The lowest BCUT2D eigenvalue weighted by Crippen LogP contribution is -2.46. The van der Waals surface area contributed by atoms with E-state index in [1.54, 1.807) is 0 Å². The summed E-state index contributed by atoms with van der Waals surface area (Å²) >= 11 is 0. The van der Waals surface area contributed by atoms with Crippen LogP contribution in [-0.2, 0) is 9.59 Å². The van der Waals surface area contributed by atoms with Crippen LogP contribution in [-0.4, -0.2) is 53.4 Å². The van der Waals surface area contributed by atoms with Gasteiger partial charge < -0.3 is 10.6 Å². The van der Waals surface area contributed by atoms with E-state index in [1.807, 2.05) is 37.3 Å². The van der Waals surface area contributed by atoms with Crippen LogP contribution in [0.3, 0.4) is 0 Å². The zero-order valence-electron chi connectivity index (χ0n) is 15.1. The van der Waals surface area contributed by atoms with Gasteiger partial charge in [0.25, 0.3) is 5.91 Å². The standard InChI is InChI=1S/C19H26N4O3/c1-2-6-16-18(25)23(19(26)21-16)13-22-11-9-14(10-12-22)17(24)20-15-7-4-3-5-8-15/h3-5,7-8,14,16H,2,6,9-13H2,1H3,(H,20,24)(H,21,26)/t16-/m1/s1. The highest BCUT2D eigenvalue weighted by molar-refractivity contribution is 6.04. The lowest BCUT2D eigenvalue weighted by molar-refractivity contribution is -0.130. The number of benzene rings is 1. The molecule has 0 aliphatic carbocycles. The second kappa shape index (κ2) is 8.31. The Labute approximate surface area is 153 Å². The SMILES string of the molecule is CCC[C@H]1NC(=O)N(CN2CCC(C(=O)Nc3ccccc3)CC2)C1=O. The smallest absolute Gasteiger partial charge is 0.325 e. The van der Waals surface area contributed by atoms with Crippen LogP contribution in [0.5, 0.6) is 0 Å². The van der Waals surface area contributed by atoms with Crippen molar-refractivity contribution in [2.45, 2.75) is 38.6 Å². The molecular weight excluding hydrogens is 332 g/mol. The minimum absolute atomic E-state index is 0.0360. The van der Waals surface area contributed by atoms with Crippen molar-refractivity contribution in [3.05, 3.63) is 30.3 Å². The van der Waals surface area contributed by atoms with Crippen molar-refractivity contribution < 1.29 is 14.4 Å². The summed E-state index contributed by atoms with van der Waals surface area (Å²) in [6, 6.07) is 8.74. The third-order valence-electron chi connectivity index (χ3n) is 5.03. The van der Waals surface area contributed by atoms with Crippen LogP contribution in [0.15, 0.2) is 30.3 Å². The molecule has 2 aliphatic heterocycles. The number of hydrogen-bond donors (Lipinski definition) is 2. The van der Waals surface area contributed by atoms with Crippen molar-refractivity contribution in [3.63, 3.8) is 0 Å². The highest BCUT2D eigenvalue weighted by Crippen LogP contribution is 2.21. The van der Waals surface area contributed by atoms with Crippen molar-refractivity contribution >= 4 is 23.5 Å². The summed E-state index contributed by atoms with van der Waals surface area (Å²) < 4.78 is 0. The summed E-state index contributed by atoms with van der Waals surface area (Å²) in [4.78, 5) is 40.1. The van der Waals surface area contributed by atoms with Crippen LogP contribution >= 0.6 is 0 Å². The molecule has 0 unspecified atom stereocenters. The molecule has 0 aromatic heterocycles. The van der Waals surface area contributed by atoms with E-state index in [9.17, 15) is 14.4 Å². The number of likely N-dealkylation sites (tertiary alicyclic amines) is 1. The number of hydrogen-bond acceptors (Lipinski definition) is 4. The summed E-state index contributed by atoms with van der Waals surface area (Å²) in [6.07, 6.45) is 2.97. The maximum atomic E-state index is 12.4. The topological polar surface area (TPSA) is 81.8 Å². The Balaban J connectivity index is 1.47. The second-order valence-corrected chi connectivity index (χ2v) is 6.95. The number of urea groups is 1. The zero-order chi connectivity index (χ0) is 18.5. The number of nitrogens with zero attached hydrogens (tertiary/aromatic N) is 2. The summed E-state index contributed by atoms with van der Waals surface area (Å²) in [7, 11) is 0. The highest BCUT2D eigenvalue weighted by Gasteiger charge is 2.38. The molecule has 140 valence electrons. The van der Waals surface area contributed by atoms with Crippen LogP contribution in [0.2, 0.25) is 0 Å². The Kier molecular flexibility index (Phi) is 5.88. The number of carbonyl (C=O) groups excluding carboxylic acids is 3. The fourth-order valence-electron chi connectivity index (χ4n) is 3.50. The number of carbonyl (C=O) groups is 3. The molecule has 2 N–H and O–H groups in total. The van der Waals surface area contributed by atoms with Gasteiger partial charge in [-0.15, -0.1) is 0 Å². The minimum Gasteiger partial charge on any atom is -0.326 e. The molecule has 1 atom stereocenters. The number of amides is 4. The lowest BCUT2D eigenvalue weighted by atomic mass is 9.96. The van der Waals surface area contributed by atoms with Crippen molar-refractivity contribution in [1.82, 2.24) is 15.1 Å². The summed E-state index contributed by atoms with van der Waals surface area (Å²) in [6.45, 7) is 3.69. The summed E-state index contributed by atoms with van der Waals surface area (Å²) in [5, 5.41) is 5.69. The molecule has 1 aromatic rings. The highest BCUT2D eigenvalue weighted by atomic mass is 16.2. The van der Waals surface area contributed by atoms with Gasteiger partial charge in [-0.05, 0) is 31.4 Å².